The largest absolute Gasteiger partial charge is 0.494 e. The van der Waals surface area contributed by atoms with Crippen LogP contribution in [0.1, 0.15) is 39.5 Å². The van der Waals surface area contributed by atoms with Crippen molar-refractivity contribution >= 4 is 23.2 Å². The van der Waals surface area contributed by atoms with Crippen molar-refractivity contribution in [2.75, 3.05) is 17.7 Å². The summed E-state index contributed by atoms with van der Waals surface area (Å²) in [5.74, 6) is 0.0552. The summed E-state index contributed by atoms with van der Waals surface area (Å²) >= 11 is 0. The second-order valence-electron chi connectivity index (χ2n) is 6.39. The lowest BCUT2D eigenvalue weighted by Crippen LogP contribution is -2.51. The Labute approximate surface area is 136 Å². The number of hydrogen-bond acceptors (Lipinski definition) is 4. The van der Waals surface area contributed by atoms with E-state index in [9.17, 15) is 9.59 Å². The van der Waals surface area contributed by atoms with Gasteiger partial charge in [-0.1, -0.05) is 12.8 Å². The number of carbonyl (C=O) groups excluding carboxylic acids is 2. The summed E-state index contributed by atoms with van der Waals surface area (Å²) in [5, 5.41) is 5.60. The van der Waals surface area contributed by atoms with Crippen molar-refractivity contribution < 1.29 is 14.3 Å². The van der Waals surface area contributed by atoms with Crippen molar-refractivity contribution in [1.82, 2.24) is 0 Å². The molecule has 0 saturated heterocycles. The molecule has 1 aliphatic carbocycles. The average molecular weight is 319 g/mol. The predicted octanol–water partition coefficient (Wildman–Crippen LogP) is 2.50. The van der Waals surface area contributed by atoms with Gasteiger partial charge < -0.3 is 21.1 Å². The topological polar surface area (TPSA) is 93.4 Å². The van der Waals surface area contributed by atoms with Gasteiger partial charge in [0.05, 0.1) is 18.7 Å². The number of benzene rings is 1. The SMILES string of the molecule is COc1cc(NC(=O)C2CCCCC2(C)N)ccc1NC(C)=O. The molecule has 6 nitrogen and oxygen atoms in total. The first-order chi connectivity index (χ1) is 10.8. The molecule has 0 aromatic heterocycles. The summed E-state index contributed by atoms with van der Waals surface area (Å²) in [6.45, 7) is 3.37. The number of nitrogens with one attached hydrogen (secondary N) is 2. The summed E-state index contributed by atoms with van der Waals surface area (Å²) in [6, 6.07) is 5.14. The van der Waals surface area contributed by atoms with Gasteiger partial charge in [-0.2, -0.15) is 0 Å². The van der Waals surface area contributed by atoms with Crippen LogP contribution in [0.5, 0.6) is 5.75 Å². The summed E-state index contributed by atoms with van der Waals surface area (Å²) in [7, 11) is 1.52. The first-order valence-electron chi connectivity index (χ1n) is 7.89. The van der Waals surface area contributed by atoms with Crippen LogP contribution in [0.2, 0.25) is 0 Å². The van der Waals surface area contributed by atoms with Gasteiger partial charge >= 0.3 is 0 Å². The highest BCUT2D eigenvalue weighted by atomic mass is 16.5. The second-order valence-corrected chi connectivity index (χ2v) is 6.39. The van der Waals surface area contributed by atoms with Crippen LogP contribution in [0.25, 0.3) is 0 Å². The first-order valence-corrected chi connectivity index (χ1v) is 7.89. The lowest BCUT2D eigenvalue weighted by molar-refractivity contribution is -0.122. The van der Waals surface area contributed by atoms with Crippen molar-refractivity contribution in [3.05, 3.63) is 18.2 Å². The van der Waals surface area contributed by atoms with E-state index in [4.69, 9.17) is 10.5 Å². The Bertz CT molecular complexity index is 599. The number of nitrogens with two attached hydrogens (primary N) is 1. The van der Waals surface area contributed by atoms with Crippen molar-refractivity contribution in [1.29, 1.82) is 0 Å². The maximum atomic E-state index is 12.5. The number of methoxy groups -OCH3 is 1. The number of rotatable bonds is 4. The molecule has 1 fully saturated rings. The van der Waals surface area contributed by atoms with E-state index in [0.29, 0.717) is 17.1 Å². The summed E-state index contributed by atoms with van der Waals surface area (Å²) in [4.78, 5) is 23.7. The van der Waals surface area contributed by atoms with Crippen LogP contribution < -0.4 is 21.1 Å². The van der Waals surface area contributed by atoms with Gasteiger partial charge in [-0.15, -0.1) is 0 Å². The maximum Gasteiger partial charge on any atom is 0.229 e. The number of hydrogen-bond donors (Lipinski definition) is 3. The van der Waals surface area contributed by atoms with Gasteiger partial charge in [-0.25, -0.2) is 0 Å². The van der Waals surface area contributed by atoms with Gasteiger partial charge in [0.25, 0.3) is 0 Å². The molecule has 2 atom stereocenters. The molecular weight excluding hydrogens is 294 g/mol. The smallest absolute Gasteiger partial charge is 0.229 e. The summed E-state index contributed by atoms with van der Waals surface area (Å²) in [6.07, 6.45) is 3.75. The Hall–Kier alpha value is -2.08. The molecule has 1 aromatic carbocycles. The minimum atomic E-state index is -0.470. The van der Waals surface area contributed by atoms with Crippen LogP contribution in [-0.4, -0.2) is 24.5 Å². The zero-order valence-electron chi connectivity index (χ0n) is 13.9. The van der Waals surface area contributed by atoms with Crippen LogP contribution in [-0.2, 0) is 9.59 Å². The molecule has 2 rings (SSSR count). The fourth-order valence-corrected chi connectivity index (χ4v) is 3.08. The number of ether oxygens (including phenoxy) is 1. The third-order valence-electron chi connectivity index (χ3n) is 4.35. The van der Waals surface area contributed by atoms with Crippen LogP contribution in [0.4, 0.5) is 11.4 Å². The molecule has 0 aliphatic heterocycles. The fourth-order valence-electron chi connectivity index (χ4n) is 3.08. The highest BCUT2D eigenvalue weighted by molar-refractivity contribution is 5.95. The zero-order chi connectivity index (χ0) is 17.0. The molecule has 4 N–H and O–H groups in total. The molecule has 1 aromatic rings. The molecule has 1 saturated carbocycles. The predicted molar refractivity (Wildman–Crippen MR) is 90.5 cm³/mol. The number of anilines is 2. The van der Waals surface area contributed by atoms with Gasteiger partial charge in [0.2, 0.25) is 11.8 Å². The lowest BCUT2D eigenvalue weighted by atomic mass is 9.74. The van der Waals surface area contributed by atoms with E-state index in [2.05, 4.69) is 10.6 Å². The van der Waals surface area contributed by atoms with Crippen molar-refractivity contribution in [3.63, 3.8) is 0 Å². The summed E-state index contributed by atoms with van der Waals surface area (Å²) < 4.78 is 5.26. The van der Waals surface area contributed by atoms with E-state index in [1.807, 2.05) is 6.92 Å². The number of carbonyl (C=O) groups is 2. The van der Waals surface area contributed by atoms with Gasteiger partial charge in [0, 0.05) is 24.2 Å². The highest BCUT2D eigenvalue weighted by Gasteiger charge is 2.37. The first kappa shape index (κ1) is 17.3. The minimum Gasteiger partial charge on any atom is -0.494 e. The second kappa shape index (κ2) is 7.00. The normalized spacial score (nSPS) is 23.9. The minimum absolute atomic E-state index is 0.0657. The monoisotopic (exact) mass is 319 g/mol. The molecule has 23 heavy (non-hydrogen) atoms. The summed E-state index contributed by atoms with van der Waals surface area (Å²) in [5.41, 5.74) is 7.00. The lowest BCUT2D eigenvalue weighted by Gasteiger charge is -2.37. The van der Waals surface area contributed by atoms with E-state index < -0.39 is 5.54 Å². The Morgan fingerprint density at radius 2 is 2.04 bits per heavy atom. The van der Waals surface area contributed by atoms with Gasteiger partial charge in [0.1, 0.15) is 5.75 Å². The molecule has 0 radical (unpaired) electrons. The van der Waals surface area contributed by atoms with E-state index in [1.165, 1.54) is 14.0 Å². The molecule has 1 aliphatic rings. The molecular formula is C17H25N3O3. The van der Waals surface area contributed by atoms with Gasteiger partial charge in [-0.05, 0) is 31.9 Å². The quantitative estimate of drug-likeness (QED) is 0.795. The Morgan fingerprint density at radius 3 is 2.65 bits per heavy atom. The number of amides is 2. The van der Waals surface area contributed by atoms with Gasteiger partial charge in [0.15, 0.2) is 0 Å². The molecule has 0 spiro atoms. The molecule has 0 bridgehead atoms. The Balaban J connectivity index is 2.13. The van der Waals surface area contributed by atoms with E-state index in [-0.39, 0.29) is 17.7 Å². The standard InChI is InChI=1S/C17H25N3O3/c1-11(21)19-14-8-7-12(10-15(14)23-3)20-16(22)13-6-4-5-9-17(13,2)18/h7-8,10,13H,4-6,9,18H2,1-3H3,(H,19,21)(H,20,22). The van der Waals surface area contributed by atoms with Crippen molar-refractivity contribution in [2.45, 2.75) is 45.1 Å². The zero-order valence-corrected chi connectivity index (χ0v) is 13.9. The van der Waals surface area contributed by atoms with Crippen LogP contribution in [0.15, 0.2) is 18.2 Å². The van der Waals surface area contributed by atoms with Gasteiger partial charge in [-0.3, -0.25) is 9.59 Å². The molecule has 6 heteroatoms. The van der Waals surface area contributed by atoms with E-state index in [0.717, 1.165) is 25.7 Å². The highest BCUT2D eigenvalue weighted by Crippen LogP contribution is 2.33. The molecule has 2 amide bonds. The Kier molecular flexibility index (Phi) is 5.26. The van der Waals surface area contributed by atoms with Crippen LogP contribution >= 0.6 is 0 Å². The Morgan fingerprint density at radius 1 is 1.30 bits per heavy atom. The third-order valence-corrected chi connectivity index (χ3v) is 4.35. The molecule has 0 heterocycles. The van der Waals surface area contributed by atoms with E-state index in [1.54, 1.807) is 18.2 Å². The average Bonchev–Trinajstić information content (AvgIpc) is 2.47. The molecule has 2 unspecified atom stereocenters. The van der Waals surface area contributed by atoms with Crippen LogP contribution in [0, 0.1) is 5.92 Å². The molecule has 126 valence electrons. The van der Waals surface area contributed by atoms with Crippen LogP contribution in [0.3, 0.4) is 0 Å². The van der Waals surface area contributed by atoms with Crippen molar-refractivity contribution in [3.8, 4) is 5.75 Å². The maximum absolute atomic E-state index is 12.5. The third kappa shape index (κ3) is 4.22. The van der Waals surface area contributed by atoms with Crippen molar-refractivity contribution in [2.24, 2.45) is 11.7 Å². The fraction of sp³-hybridized carbons (Fsp3) is 0.529. The van der Waals surface area contributed by atoms with E-state index >= 15 is 0 Å².